The van der Waals surface area contributed by atoms with Gasteiger partial charge in [-0.25, -0.2) is 9.97 Å². The van der Waals surface area contributed by atoms with Gasteiger partial charge in [0.15, 0.2) is 0 Å². The summed E-state index contributed by atoms with van der Waals surface area (Å²) in [5, 5.41) is -0.104. The van der Waals surface area contributed by atoms with Crippen LogP contribution in [0, 0.1) is 0 Å². The SMILES string of the molecule is Br.Nc1nc(N)c2sc3nc(-c4ccccc4)cc(C(F)(F)F)c3c2n1. The van der Waals surface area contributed by atoms with Gasteiger partial charge in [-0.1, -0.05) is 30.3 Å². The molecule has 26 heavy (non-hydrogen) atoms. The van der Waals surface area contributed by atoms with E-state index >= 15 is 0 Å². The Morgan fingerprint density at radius 1 is 0.962 bits per heavy atom. The lowest BCUT2D eigenvalue weighted by Gasteiger charge is -2.11. The third-order valence-electron chi connectivity index (χ3n) is 3.71. The fraction of sp³-hybridized carbons (Fsp3) is 0.0625. The van der Waals surface area contributed by atoms with Crippen molar-refractivity contribution < 1.29 is 13.2 Å². The number of halogens is 4. The fourth-order valence-electron chi connectivity index (χ4n) is 2.66. The minimum absolute atomic E-state index is 0. The molecule has 0 bridgehead atoms. The molecule has 4 aromatic rings. The number of nitrogen functional groups attached to an aromatic ring is 2. The zero-order valence-electron chi connectivity index (χ0n) is 12.9. The Balaban J connectivity index is 0.00000196. The van der Waals surface area contributed by atoms with E-state index in [1.807, 2.05) is 0 Å². The first kappa shape index (κ1) is 18.3. The minimum Gasteiger partial charge on any atom is -0.382 e. The average molecular weight is 442 g/mol. The van der Waals surface area contributed by atoms with Gasteiger partial charge in [-0.3, -0.25) is 0 Å². The lowest BCUT2D eigenvalue weighted by atomic mass is 10.1. The number of anilines is 2. The number of hydrogen-bond acceptors (Lipinski definition) is 6. The number of fused-ring (bicyclic) bond motifs is 3. The van der Waals surface area contributed by atoms with E-state index in [-0.39, 0.29) is 50.2 Å². The van der Waals surface area contributed by atoms with Crippen molar-refractivity contribution >= 4 is 60.5 Å². The number of thiophene rings is 1. The summed E-state index contributed by atoms with van der Waals surface area (Å²) in [5.74, 6) is -0.134. The quantitative estimate of drug-likeness (QED) is 0.447. The van der Waals surface area contributed by atoms with Crippen molar-refractivity contribution in [1.82, 2.24) is 15.0 Å². The van der Waals surface area contributed by atoms with Gasteiger partial charge in [-0.05, 0) is 6.07 Å². The summed E-state index contributed by atoms with van der Waals surface area (Å²) in [4.78, 5) is 12.3. The summed E-state index contributed by atoms with van der Waals surface area (Å²) in [6.45, 7) is 0. The van der Waals surface area contributed by atoms with E-state index in [9.17, 15) is 13.2 Å². The molecule has 3 heterocycles. The molecule has 4 N–H and O–H groups in total. The van der Waals surface area contributed by atoms with Gasteiger partial charge >= 0.3 is 6.18 Å². The summed E-state index contributed by atoms with van der Waals surface area (Å²) < 4.78 is 41.4. The smallest absolute Gasteiger partial charge is 0.382 e. The van der Waals surface area contributed by atoms with Crippen molar-refractivity contribution in [2.24, 2.45) is 0 Å². The van der Waals surface area contributed by atoms with E-state index in [1.165, 1.54) is 0 Å². The maximum Gasteiger partial charge on any atom is 0.417 e. The van der Waals surface area contributed by atoms with Crippen LogP contribution in [0.2, 0.25) is 0 Å². The second kappa shape index (κ2) is 6.36. The first-order valence-corrected chi connectivity index (χ1v) is 7.95. The highest BCUT2D eigenvalue weighted by Crippen LogP contribution is 2.43. The Hall–Kier alpha value is -2.46. The van der Waals surface area contributed by atoms with Gasteiger partial charge in [0.2, 0.25) is 5.95 Å². The maximum atomic E-state index is 13.7. The highest BCUT2D eigenvalue weighted by atomic mass is 79.9. The van der Waals surface area contributed by atoms with Crippen LogP contribution in [0.15, 0.2) is 36.4 Å². The van der Waals surface area contributed by atoms with Gasteiger partial charge in [-0.15, -0.1) is 28.3 Å². The predicted molar refractivity (Wildman–Crippen MR) is 102 cm³/mol. The van der Waals surface area contributed by atoms with E-state index in [1.54, 1.807) is 30.3 Å². The minimum atomic E-state index is -4.58. The summed E-state index contributed by atoms with van der Waals surface area (Å²) in [6.07, 6.45) is -4.58. The molecular formula is C16H11BrF3N5S. The van der Waals surface area contributed by atoms with Gasteiger partial charge in [0.05, 0.1) is 26.9 Å². The highest BCUT2D eigenvalue weighted by Gasteiger charge is 2.35. The molecule has 0 spiro atoms. The lowest BCUT2D eigenvalue weighted by molar-refractivity contribution is -0.136. The Bertz CT molecular complexity index is 1110. The van der Waals surface area contributed by atoms with Crippen LogP contribution < -0.4 is 11.5 Å². The van der Waals surface area contributed by atoms with Crippen molar-refractivity contribution in [2.75, 3.05) is 11.5 Å². The molecule has 0 radical (unpaired) electrons. The molecule has 0 aliphatic rings. The first-order chi connectivity index (χ1) is 11.8. The van der Waals surface area contributed by atoms with Gasteiger partial charge in [-0.2, -0.15) is 18.2 Å². The van der Waals surface area contributed by atoms with E-state index < -0.39 is 11.7 Å². The summed E-state index contributed by atoms with van der Waals surface area (Å²) in [5.41, 5.74) is 11.4. The van der Waals surface area contributed by atoms with Crippen molar-refractivity contribution in [2.45, 2.75) is 6.18 Å². The van der Waals surface area contributed by atoms with Crippen LogP contribution in [-0.4, -0.2) is 15.0 Å². The molecule has 0 atom stereocenters. The van der Waals surface area contributed by atoms with Crippen molar-refractivity contribution in [1.29, 1.82) is 0 Å². The standard InChI is InChI=1S/C16H10F3N5S.BrH/c17-16(18,19)8-6-9(7-4-2-1-3-5-7)22-14-10(8)11-12(25-14)13(20)24-15(21)23-11;/h1-6H,(H4,20,21,23,24);1H. The second-order valence-corrected chi connectivity index (χ2v) is 6.34. The number of hydrogen-bond donors (Lipinski definition) is 2. The van der Waals surface area contributed by atoms with Gasteiger partial charge < -0.3 is 11.5 Å². The molecule has 5 nitrogen and oxygen atoms in total. The molecule has 0 fully saturated rings. The predicted octanol–water partition coefficient (Wildman–Crippen LogP) is 4.67. The number of aromatic nitrogens is 3. The molecule has 0 unspecified atom stereocenters. The van der Waals surface area contributed by atoms with Crippen molar-refractivity contribution in [3.63, 3.8) is 0 Å². The second-order valence-electron chi connectivity index (χ2n) is 5.35. The molecule has 134 valence electrons. The molecule has 10 heteroatoms. The largest absolute Gasteiger partial charge is 0.417 e. The molecule has 4 rings (SSSR count). The zero-order valence-corrected chi connectivity index (χ0v) is 15.4. The number of nitrogens with zero attached hydrogens (tertiary/aromatic N) is 3. The molecular weight excluding hydrogens is 431 g/mol. The number of nitrogens with two attached hydrogens (primary N) is 2. The van der Waals surface area contributed by atoms with Gasteiger partial charge in [0.25, 0.3) is 0 Å². The molecule has 0 amide bonds. The Morgan fingerprint density at radius 3 is 2.31 bits per heavy atom. The summed E-state index contributed by atoms with van der Waals surface area (Å²) in [6, 6.07) is 9.69. The van der Waals surface area contributed by atoms with E-state index in [2.05, 4.69) is 15.0 Å². The summed E-state index contributed by atoms with van der Waals surface area (Å²) in [7, 11) is 0. The molecule has 1 aromatic carbocycles. The van der Waals surface area contributed by atoms with Crippen molar-refractivity contribution in [3.8, 4) is 11.3 Å². The van der Waals surface area contributed by atoms with Crippen LogP contribution in [0.25, 0.3) is 31.7 Å². The number of benzene rings is 1. The number of alkyl halides is 3. The van der Waals surface area contributed by atoms with Crippen LogP contribution in [0.1, 0.15) is 5.56 Å². The fourth-order valence-corrected chi connectivity index (χ4v) is 3.70. The Kier molecular flexibility index (Phi) is 4.49. The summed E-state index contributed by atoms with van der Waals surface area (Å²) >= 11 is 1.02. The van der Waals surface area contributed by atoms with Crippen LogP contribution in [0.4, 0.5) is 24.9 Å². The normalized spacial score (nSPS) is 11.7. The van der Waals surface area contributed by atoms with E-state index in [0.717, 1.165) is 17.4 Å². The molecule has 3 aromatic heterocycles. The topological polar surface area (TPSA) is 90.7 Å². The third kappa shape index (κ3) is 2.95. The number of pyridine rings is 1. The number of rotatable bonds is 1. The third-order valence-corrected chi connectivity index (χ3v) is 4.80. The Morgan fingerprint density at radius 2 is 1.65 bits per heavy atom. The molecule has 0 aliphatic heterocycles. The maximum absolute atomic E-state index is 13.7. The van der Waals surface area contributed by atoms with Gasteiger partial charge in [0, 0.05) is 5.56 Å². The van der Waals surface area contributed by atoms with E-state index in [0.29, 0.717) is 10.3 Å². The molecule has 0 saturated carbocycles. The molecule has 0 aliphatic carbocycles. The van der Waals surface area contributed by atoms with Crippen LogP contribution in [-0.2, 0) is 6.18 Å². The average Bonchev–Trinajstić information content (AvgIpc) is 2.93. The highest BCUT2D eigenvalue weighted by molar-refractivity contribution is 8.93. The molecule has 0 saturated heterocycles. The Labute approximate surface area is 159 Å². The zero-order chi connectivity index (χ0) is 17.8. The van der Waals surface area contributed by atoms with E-state index in [4.69, 9.17) is 11.5 Å². The van der Waals surface area contributed by atoms with Crippen LogP contribution >= 0.6 is 28.3 Å². The lowest BCUT2D eigenvalue weighted by Crippen LogP contribution is -2.07. The van der Waals surface area contributed by atoms with Gasteiger partial charge in [0.1, 0.15) is 10.6 Å². The van der Waals surface area contributed by atoms with Crippen LogP contribution in [0.5, 0.6) is 0 Å². The van der Waals surface area contributed by atoms with Crippen molar-refractivity contribution in [3.05, 3.63) is 42.0 Å². The monoisotopic (exact) mass is 441 g/mol. The van der Waals surface area contributed by atoms with Crippen LogP contribution in [0.3, 0.4) is 0 Å². The first-order valence-electron chi connectivity index (χ1n) is 7.13.